The second-order valence-electron chi connectivity index (χ2n) is 6.04. The third-order valence-corrected chi connectivity index (χ3v) is 4.10. The highest BCUT2D eigenvalue weighted by atomic mass is 15.1. The van der Waals surface area contributed by atoms with E-state index in [-0.39, 0.29) is 0 Å². The van der Waals surface area contributed by atoms with Crippen LogP contribution in [0.1, 0.15) is 56.6 Å². The van der Waals surface area contributed by atoms with Crippen LogP contribution in [0.5, 0.6) is 0 Å². The molecule has 1 aromatic rings. The number of hydrogen-bond donors (Lipinski definition) is 1. The van der Waals surface area contributed by atoms with Crippen molar-refractivity contribution in [3.63, 3.8) is 0 Å². The summed E-state index contributed by atoms with van der Waals surface area (Å²) in [7, 11) is 0. The molecule has 1 N–H and O–H groups in total. The third kappa shape index (κ3) is 5.64. The van der Waals surface area contributed by atoms with Crippen molar-refractivity contribution in [2.24, 2.45) is 0 Å². The molecule has 0 radical (unpaired) electrons. The minimum Gasteiger partial charge on any atom is -0.313 e. The van der Waals surface area contributed by atoms with Gasteiger partial charge in [0.05, 0.1) is 0 Å². The lowest BCUT2D eigenvalue weighted by molar-refractivity contribution is 0.240. The Balaban J connectivity index is 1.85. The molecule has 2 heteroatoms. The number of rotatable bonds is 6. The fraction of sp³-hybridized carbons (Fsp3) is 0.667. The van der Waals surface area contributed by atoms with Crippen molar-refractivity contribution >= 4 is 0 Å². The van der Waals surface area contributed by atoms with Crippen molar-refractivity contribution in [1.82, 2.24) is 10.2 Å². The number of nitrogens with zero attached hydrogens (tertiary/aromatic N) is 1. The molecule has 2 nitrogen and oxygen atoms in total. The van der Waals surface area contributed by atoms with Crippen LogP contribution >= 0.6 is 0 Å². The standard InChI is InChI=1S/C18H30N2/c1-2-11-19-15-17-9-8-10-18(14-17)16-20-12-6-4-3-5-7-13-20/h8-10,14,19H,2-7,11-13,15-16H2,1H3. The molecule has 0 amide bonds. The summed E-state index contributed by atoms with van der Waals surface area (Å²) in [6.45, 7) is 8.00. The fourth-order valence-electron chi connectivity index (χ4n) is 2.98. The molecule has 0 atom stereocenters. The average molecular weight is 274 g/mol. The smallest absolute Gasteiger partial charge is 0.0233 e. The quantitative estimate of drug-likeness (QED) is 0.790. The van der Waals surface area contributed by atoms with Crippen LogP contribution in [0.3, 0.4) is 0 Å². The molecule has 1 fully saturated rings. The van der Waals surface area contributed by atoms with Gasteiger partial charge in [0.15, 0.2) is 0 Å². The highest BCUT2D eigenvalue weighted by Gasteiger charge is 2.08. The number of hydrogen-bond acceptors (Lipinski definition) is 2. The third-order valence-electron chi connectivity index (χ3n) is 4.10. The largest absolute Gasteiger partial charge is 0.313 e. The molecule has 20 heavy (non-hydrogen) atoms. The summed E-state index contributed by atoms with van der Waals surface area (Å²) in [4.78, 5) is 2.64. The maximum atomic E-state index is 3.49. The van der Waals surface area contributed by atoms with Crippen molar-refractivity contribution in [1.29, 1.82) is 0 Å². The normalized spacial score (nSPS) is 17.6. The Morgan fingerprint density at radius 1 is 1.00 bits per heavy atom. The van der Waals surface area contributed by atoms with Gasteiger partial charge >= 0.3 is 0 Å². The van der Waals surface area contributed by atoms with Crippen LogP contribution in [-0.4, -0.2) is 24.5 Å². The maximum absolute atomic E-state index is 3.49. The van der Waals surface area contributed by atoms with Gasteiger partial charge < -0.3 is 5.32 Å². The van der Waals surface area contributed by atoms with E-state index in [9.17, 15) is 0 Å². The SMILES string of the molecule is CCCNCc1cccc(CN2CCCCCCC2)c1. The Labute approximate surface area is 124 Å². The van der Waals surface area contributed by atoms with Crippen molar-refractivity contribution in [3.05, 3.63) is 35.4 Å². The van der Waals surface area contributed by atoms with Crippen molar-refractivity contribution < 1.29 is 0 Å². The van der Waals surface area contributed by atoms with E-state index in [1.165, 1.54) is 62.7 Å². The molecule has 0 unspecified atom stereocenters. The van der Waals surface area contributed by atoms with Crippen LogP contribution in [0, 0.1) is 0 Å². The van der Waals surface area contributed by atoms with Gasteiger partial charge in [0.1, 0.15) is 0 Å². The van der Waals surface area contributed by atoms with Crippen molar-refractivity contribution in [3.8, 4) is 0 Å². The van der Waals surface area contributed by atoms with E-state index >= 15 is 0 Å². The molecule has 1 aliphatic heterocycles. The van der Waals surface area contributed by atoms with Gasteiger partial charge in [0.25, 0.3) is 0 Å². The molecule has 1 saturated heterocycles. The van der Waals surface area contributed by atoms with E-state index in [2.05, 4.69) is 41.4 Å². The van der Waals surface area contributed by atoms with E-state index in [4.69, 9.17) is 0 Å². The molecular weight excluding hydrogens is 244 g/mol. The Bertz CT molecular complexity index is 367. The first kappa shape index (κ1) is 15.5. The topological polar surface area (TPSA) is 15.3 Å². The van der Waals surface area contributed by atoms with Crippen LogP contribution < -0.4 is 5.32 Å². The first-order chi connectivity index (χ1) is 9.88. The fourth-order valence-corrected chi connectivity index (χ4v) is 2.98. The van der Waals surface area contributed by atoms with E-state index in [1.54, 1.807) is 0 Å². The van der Waals surface area contributed by atoms with Gasteiger partial charge in [-0.3, -0.25) is 4.90 Å². The lowest BCUT2D eigenvalue weighted by Crippen LogP contribution is -2.27. The molecule has 112 valence electrons. The van der Waals surface area contributed by atoms with Crippen LogP contribution in [0.4, 0.5) is 0 Å². The number of likely N-dealkylation sites (tertiary alicyclic amines) is 1. The highest BCUT2D eigenvalue weighted by molar-refractivity contribution is 5.23. The van der Waals surface area contributed by atoms with Gasteiger partial charge in [-0.25, -0.2) is 0 Å². The van der Waals surface area contributed by atoms with Gasteiger partial charge in [-0.05, 0) is 50.0 Å². The molecule has 0 spiro atoms. The summed E-state index contributed by atoms with van der Waals surface area (Å²) in [5, 5.41) is 3.49. The van der Waals surface area contributed by atoms with Gasteiger partial charge in [-0.1, -0.05) is 50.5 Å². The van der Waals surface area contributed by atoms with Gasteiger partial charge in [0.2, 0.25) is 0 Å². The first-order valence-corrected chi connectivity index (χ1v) is 8.39. The van der Waals surface area contributed by atoms with Crippen LogP contribution in [0.25, 0.3) is 0 Å². The van der Waals surface area contributed by atoms with Crippen molar-refractivity contribution in [2.45, 2.75) is 58.5 Å². The molecule has 2 rings (SSSR count). The summed E-state index contributed by atoms with van der Waals surface area (Å²) < 4.78 is 0. The molecule has 0 saturated carbocycles. The number of nitrogens with one attached hydrogen (secondary N) is 1. The van der Waals surface area contributed by atoms with Crippen molar-refractivity contribution in [2.75, 3.05) is 19.6 Å². The van der Waals surface area contributed by atoms with E-state index in [0.29, 0.717) is 0 Å². The van der Waals surface area contributed by atoms with Gasteiger partial charge in [-0.15, -0.1) is 0 Å². The molecule has 0 bridgehead atoms. The molecule has 1 aromatic carbocycles. The summed E-state index contributed by atoms with van der Waals surface area (Å²) in [6, 6.07) is 9.10. The number of benzene rings is 1. The minimum atomic E-state index is 1.00. The summed E-state index contributed by atoms with van der Waals surface area (Å²) in [5.74, 6) is 0. The predicted octanol–water partition coefficient (Wildman–Crippen LogP) is 3.95. The summed E-state index contributed by atoms with van der Waals surface area (Å²) in [5.41, 5.74) is 2.89. The van der Waals surface area contributed by atoms with Gasteiger partial charge in [0, 0.05) is 13.1 Å². The zero-order valence-corrected chi connectivity index (χ0v) is 13.0. The molecule has 0 aliphatic carbocycles. The lowest BCUT2D eigenvalue weighted by Gasteiger charge is -2.24. The molecule has 0 aromatic heterocycles. The molecular formula is C18H30N2. The predicted molar refractivity (Wildman–Crippen MR) is 86.8 cm³/mol. The Morgan fingerprint density at radius 3 is 2.45 bits per heavy atom. The van der Waals surface area contributed by atoms with E-state index in [0.717, 1.165) is 19.6 Å². The summed E-state index contributed by atoms with van der Waals surface area (Å²) >= 11 is 0. The van der Waals surface area contributed by atoms with E-state index in [1.807, 2.05) is 0 Å². The van der Waals surface area contributed by atoms with E-state index < -0.39 is 0 Å². The minimum absolute atomic E-state index is 1.00. The van der Waals surface area contributed by atoms with Gasteiger partial charge in [-0.2, -0.15) is 0 Å². The Morgan fingerprint density at radius 2 is 1.70 bits per heavy atom. The Hall–Kier alpha value is -0.860. The van der Waals surface area contributed by atoms with Crippen LogP contribution in [0.2, 0.25) is 0 Å². The monoisotopic (exact) mass is 274 g/mol. The second-order valence-corrected chi connectivity index (χ2v) is 6.04. The zero-order valence-electron chi connectivity index (χ0n) is 13.0. The highest BCUT2D eigenvalue weighted by Crippen LogP contribution is 2.14. The lowest BCUT2D eigenvalue weighted by atomic mass is 10.1. The molecule has 1 aliphatic rings. The first-order valence-electron chi connectivity index (χ1n) is 8.39. The second kappa shape index (κ2) is 9.15. The Kier molecular flexibility index (Phi) is 7.10. The van der Waals surface area contributed by atoms with Crippen LogP contribution in [-0.2, 0) is 13.1 Å². The zero-order chi connectivity index (χ0) is 14.0. The average Bonchev–Trinajstić information content (AvgIpc) is 2.43. The maximum Gasteiger partial charge on any atom is 0.0233 e. The summed E-state index contributed by atoms with van der Waals surface area (Å²) in [6.07, 6.45) is 8.21. The molecule has 1 heterocycles. The van der Waals surface area contributed by atoms with Crippen LogP contribution in [0.15, 0.2) is 24.3 Å².